The summed E-state index contributed by atoms with van der Waals surface area (Å²) in [6.45, 7) is 0.525. The highest BCUT2D eigenvalue weighted by Gasteiger charge is 2.30. The molecule has 0 unspecified atom stereocenters. The third-order valence-electron chi connectivity index (χ3n) is 5.58. The van der Waals surface area contributed by atoms with E-state index in [1.165, 1.54) is 6.07 Å². The molecule has 6 nitrogen and oxygen atoms in total. The van der Waals surface area contributed by atoms with Gasteiger partial charge in [-0.25, -0.2) is 13.6 Å². The van der Waals surface area contributed by atoms with Crippen molar-refractivity contribution in [3.8, 4) is 0 Å². The van der Waals surface area contributed by atoms with Gasteiger partial charge in [0.1, 0.15) is 5.00 Å². The highest BCUT2D eigenvalue weighted by Crippen LogP contribution is 2.38. The lowest BCUT2D eigenvalue weighted by Gasteiger charge is -2.27. The van der Waals surface area contributed by atoms with Crippen LogP contribution >= 0.6 is 22.9 Å². The van der Waals surface area contributed by atoms with Gasteiger partial charge in [0.05, 0.1) is 22.7 Å². The topological polar surface area (TPSA) is 86.7 Å². The van der Waals surface area contributed by atoms with Crippen molar-refractivity contribution in [1.82, 2.24) is 4.90 Å². The SMILES string of the molecule is O=C(Nc1sc2c(c1C(=O)O)CCN(C(=O)CCc1ccc(F)c(F)c1)C2)c1ccccc1Cl. The van der Waals surface area contributed by atoms with Crippen LogP contribution in [0.4, 0.5) is 13.8 Å². The van der Waals surface area contributed by atoms with Gasteiger partial charge in [-0.2, -0.15) is 0 Å². The van der Waals surface area contributed by atoms with Crippen LogP contribution < -0.4 is 5.32 Å². The fraction of sp³-hybridized carbons (Fsp3) is 0.208. The van der Waals surface area contributed by atoms with E-state index in [0.29, 0.717) is 29.0 Å². The third-order valence-corrected chi connectivity index (χ3v) is 7.04. The normalized spacial score (nSPS) is 12.9. The zero-order chi connectivity index (χ0) is 24.4. The van der Waals surface area contributed by atoms with Gasteiger partial charge in [-0.05, 0) is 48.2 Å². The number of rotatable bonds is 6. The van der Waals surface area contributed by atoms with Crippen LogP contribution in [0.1, 0.15) is 43.1 Å². The third kappa shape index (κ3) is 4.95. The second kappa shape index (κ2) is 9.90. The van der Waals surface area contributed by atoms with E-state index in [1.807, 2.05) is 0 Å². The molecule has 0 radical (unpaired) electrons. The molecule has 3 aromatic rings. The Morgan fingerprint density at radius 2 is 1.88 bits per heavy atom. The quantitative estimate of drug-likeness (QED) is 0.486. The molecule has 0 spiro atoms. The molecule has 0 fully saturated rings. The molecule has 0 bridgehead atoms. The van der Waals surface area contributed by atoms with Gasteiger partial charge in [0.15, 0.2) is 11.6 Å². The zero-order valence-corrected chi connectivity index (χ0v) is 19.3. The van der Waals surface area contributed by atoms with Crippen LogP contribution in [0.25, 0.3) is 0 Å². The predicted molar refractivity (Wildman–Crippen MR) is 124 cm³/mol. The van der Waals surface area contributed by atoms with Crippen LogP contribution in [0.5, 0.6) is 0 Å². The van der Waals surface area contributed by atoms with E-state index in [1.54, 1.807) is 29.2 Å². The molecule has 2 amide bonds. The van der Waals surface area contributed by atoms with E-state index in [-0.39, 0.29) is 46.4 Å². The number of aryl methyl sites for hydroxylation is 1. The van der Waals surface area contributed by atoms with Gasteiger partial charge in [0, 0.05) is 17.8 Å². The number of halogens is 3. The number of anilines is 1. The molecule has 34 heavy (non-hydrogen) atoms. The average Bonchev–Trinajstić information content (AvgIpc) is 3.17. The Morgan fingerprint density at radius 1 is 1.12 bits per heavy atom. The highest BCUT2D eigenvalue weighted by molar-refractivity contribution is 7.17. The maximum absolute atomic E-state index is 13.4. The van der Waals surface area contributed by atoms with Gasteiger partial charge in [-0.1, -0.05) is 29.8 Å². The molecule has 0 aliphatic carbocycles. The molecule has 176 valence electrons. The van der Waals surface area contributed by atoms with Crippen LogP contribution in [-0.4, -0.2) is 34.3 Å². The molecule has 1 aliphatic rings. The maximum atomic E-state index is 13.4. The van der Waals surface area contributed by atoms with E-state index in [4.69, 9.17) is 11.6 Å². The Hall–Kier alpha value is -3.30. The molecule has 1 aliphatic heterocycles. The van der Waals surface area contributed by atoms with Crippen LogP contribution in [0.15, 0.2) is 42.5 Å². The van der Waals surface area contributed by atoms with E-state index >= 15 is 0 Å². The van der Waals surface area contributed by atoms with Crippen molar-refractivity contribution < 1.29 is 28.3 Å². The summed E-state index contributed by atoms with van der Waals surface area (Å²) in [5.74, 6) is -3.76. The first-order chi connectivity index (χ1) is 16.2. The van der Waals surface area contributed by atoms with Crippen molar-refractivity contribution in [2.75, 3.05) is 11.9 Å². The number of fused-ring (bicyclic) bond motifs is 1. The smallest absolute Gasteiger partial charge is 0.339 e. The number of nitrogens with one attached hydrogen (secondary N) is 1. The molecule has 4 rings (SSSR count). The lowest BCUT2D eigenvalue weighted by atomic mass is 10.0. The zero-order valence-electron chi connectivity index (χ0n) is 17.7. The fourth-order valence-electron chi connectivity index (χ4n) is 3.85. The molecule has 0 saturated heterocycles. The summed E-state index contributed by atoms with van der Waals surface area (Å²) in [6.07, 6.45) is 0.684. The van der Waals surface area contributed by atoms with E-state index in [9.17, 15) is 28.3 Å². The highest BCUT2D eigenvalue weighted by atomic mass is 35.5. The monoisotopic (exact) mass is 504 g/mol. The number of carbonyl (C=O) groups excluding carboxylic acids is 2. The van der Waals surface area contributed by atoms with Gasteiger partial charge in [-0.15, -0.1) is 11.3 Å². The average molecular weight is 505 g/mol. The Labute approximate surface area is 202 Å². The van der Waals surface area contributed by atoms with Crippen molar-refractivity contribution in [3.63, 3.8) is 0 Å². The molecule has 0 saturated carbocycles. The number of carbonyl (C=O) groups is 3. The molecule has 2 N–H and O–H groups in total. The molecule has 10 heteroatoms. The largest absolute Gasteiger partial charge is 0.478 e. The fourth-order valence-corrected chi connectivity index (χ4v) is 5.32. The van der Waals surface area contributed by atoms with E-state index < -0.39 is 23.5 Å². The number of nitrogens with zero attached hydrogens (tertiary/aromatic N) is 1. The molecule has 2 aromatic carbocycles. The summed E-state index contributed by atoms with van der Waals surface area (Å²) < 4.78 is 26.5. The first-order valence-corrected chi connectivity index (χ1v) is 11.6. The first kappa shape index (κ1) is 23.8. The minimum Gasteiger partial charge on any atom is -0.478 e. The number of amides is 2. The summed E-state index contributed by atoms with van der Waals surface area (Å²) in [5, 5.41) is 12.9. The van der Waals surface area contributed by atoms with Crippen molar-refractivity contribution in [2.45, 2.75) is 25.8 Å². The van der Waals surface area contributed by atoms with Gasteiger partial charge >= 0.3 is 5.97 Å². The van der Waals surface area contributed by atoms with Crippen molar-refractivity contribution in [3.05, 3.63) is 86.3 Å². The van der Waals surface area contributed by atoms with Crippen LogP contribution in [0.3, 0.4) is 0 Å². The van der Waals surface area contributed by atoms with Crippen molar-refractivity contribution in [2.24, 2.45) is 0 Å². The summed E-state index contributed by atoms with van der Waals surface area (Å²) in [5.41, 5.74) is 1.35. The van der Waals surface area contributed by atoms with Gasteiger partial charge in [0.25, 0.3) is 5.91 Å². The minimum absolute atomic E-state index is 0.0225. The minimum atomic E-state index is -1.16. The summed E-state index contributed by atoms with van der Waals surface area (Å²) in [6, 6.07) is 9.98. The number of carboxylic acids is 1. The second-order valence-electron chi connectivity index (χ2n) is 7.76. The predicted octanol–water partition coefficient (Wildman–Crippen LogP) is 5.15. The number of thiophene rings is 1. The van der Waals surface area contributed by atoms with Crippen LogP contribution in [0, 0.1) is 11.6 Å². The Bertz CT molecular complexity index is 1290. The summed E-state index contributed by atoms with van der Waals surface area (Å²) in [4.78, 5) is 39.6. The first-order valence-electron chi connectivity index (χ1n) is 10.4. The number of hydrogen-bond acceptors (Lipinski definition) is 4. The summed E-state index contributed by atoms with van der Waals surface area (Å²) in [7, 11) is 0. The molecule has 0 atom stereocenters. The number of aromatic carboxylic acids is 1. The van der Waals surface area contributed by atoms with E-state index in [0.717, 1.165) is 23.5 Å². The number of hydrogen-bond donors (Lipinski definition) is 2. The number of carboxylic acid groups (broad SMARTS) is 1. The second-order valence-corrected chi connectivity index (χ2v) is 9.27. The Balaban J connectivity index is 1.48. The van der Waals surface area contributed by atoms with Crippen LogP contribution in [-0.2, 0) is 24.2 Å². The number of benzene rings is 2. The molecule has 2 heterocycles. The molecular formula is C24H19ClF2N2O4S. The van der Waals surface area contributed by atoms with Crippen molar-refractivity contribution in [1.29, 1.82) is 0 Å². The molecule has 1 aromatic heterocycles. The van der Waals surface area contributed by atoms with E-state index in [2.05, 4.69) is 5.32 Å². The Kier molecular flexibility index (Phi) is 6.95. The lowest BCUT2D eigenvalue weighted by molar-refractivity contribution is -0.132. The lowest BCUT2D eigenvalue weighted by Crippen LogP contribution is -2.35. The summed E-state index contributed by atoms with van der Waals surface area (Å²) >= 11 is 7.19. The van der Waals surface area contributed by atoms with Crippen molar-refractivity contribution >= 4 is 45.7 Å². The van der Waals surface area contributed by atoms with Gasteiger partial charge < -0.3 is 15.3 Å². The maximum Gasteiger partial charge on any atom is 0.339 e. The Morgan fingerprint density at radius 3 is 2.59 bits per heavy atom. The van der Waals surface area contributed by atoms with Gasteiger partial charge in [0.2, 0.25) is 5.91 Å². The molecular weight excluding hydrogens is 486 g/mol. The standard InChI is InChI=1S/C24H19ClF2N2O4S/c25-16-4-2-1-3-14(16)22(31)28-23-21(24(32)33)15-9-10-29(12-19(15)34-23)20(30)8-6-13-5-7-17(26)18(27)11-13/h1-5,7,11H,6,8-10,12H2,(H,28,31)(H,32,33). The van der Waals surface area contributed by atoms with Crippen LogP contribution in [0.2, 0.25) is 5.02 Å². The van der Waals surface area contributed by atoms with Gasteiger partial charge in [-0.3, -0.25) is 9.59 Å².